The van der Waals surface area contributed by atoms with Crippen molar-refractivity contribution >= 4 is 39.5 Å². The van der Waals surface area contributed by atoms with Gasteiger partial charge in [-0.25, -0.2) is 0 Å². The molecule has 2 heterocycles. The van der Waals surface area contributed by atoms with E-state index < -0.39 is 18.5 Å². The first-order valence-corrected chi connectivity index (χ1v) is 12.0. The Hall–Kier alpha value is -4.79. The van der Waals surface area contributed by atoms with Gasteiger partial charge in [0.2, 0.25) is 0 Å². The predicted octanol–water partition coefficient (Wildman–Crippen LogP) is 5.50. The summed E-state index contributed by atoms with van der Waals surface area (Å²) in [4.78, 5) is 24.8. The highest BCUT2D eigenvalue weighted by Gasteiger charge is 2.16. The number of hydrogen-bond donors (Lipinski definition) is 1. The van der Waals surface area contributed by atoms with E-state index in [1.165, 1.54) is 7.11 Å². The number of carbonyl (C=O) groups is 2. The second-order valence-corrected chi connectivity index (χ2v) is 8.77. The summed E-state index contributed by atoms with van der Waals surface area (Å²) in [6, 6.07) is 18.3. The summed E-state index contributed by atoms with van der Waals surface area (Å²) in [6.45, 7) is 3.61. The van der Waals surface area contributed by atoms with Gasteiger partial charge in [-0.15, -0.1) is 0 Å². The normalized spacial score (nSPS) is 11.0. The summed E-state index contributed by atoms with van der Waals surface area (Å²) in [5.74, 6) is 0.830. The molecular weight excluding hydrogens is 488 g/mol. The van der Waals surface area contributed by atoms with Crippen molar-refractivity contribution < 1.29 is 32.7 Å². The SMILES string of the molecule is COc1cc2c(cc1NC(=O)COC(=O)Cc1ccc(OCc3c(C)noc3C)cc1)oc1ccccc12. The van der Waals surface area contributed by atoms with Crippen LogP contribution in [0.5, 0.6) is 11.5 Å². The fourth-order valence-corrected chi connectivity index (χ4v) is 4.14. The maximum atomic E-state index is 12.5. The Balaban J connectivity index is 1.14. The van der Waals surface area contributed by atoms with E-state index in [-0.39, 0.29) is 6.42 Å². The molecule has 0 saturated carbocycles. The lowest BCUT2D eigenvalue weighted by atomic mass is 10.1. The second-order valence-electron chi connectivity index (χ2n) is 8.77. The van der Waals surface area contributed by atoms with Crippen LogP contribution >= 0.6 is 0 Å². The molecule has 0 bridgehead atoms. The molecule has 0 aliphatic heterocycles. The molecule has 3 aromatic carbocycles. The average Bonchev–Trinajstić information content (AvgIpc) is 3.44. The molecule has 0 fully saturated rings. The van der Waals surface area contributed by atoms with Crippen LogP contribution < -0.4 is 14.8 Å². The number of nitrogens with one attached hydrogen (secondary N) is 1. The zero-order valence-corrected chi connectivity index (χ0v) is 21.2. The van der Waals surface area contributed by atoms with Gasteiger partial charge in [0.05, 0.1) is 30.5 Å². The van der Waals surface area contributed by atoms with Gasteiger partial charge in [-0.1, -0.05) is 35.5 Å². The van der Waals surface area contributed by atoms with E-state index in [1.807, 2.05) is 44.2 Å². The number of aryl methyl sites for hydroxylation is 2. The predicted molar refractivity (Wildman–Crippen MR) is 140 cm³/mol. The van der Waals surface area contributed by atoms with Crippen molar-refractivity contribution in [1.29, 1.82) is 0 Å². The van der Waals surface area contributed by atoms with Gasteiger partial charge in [0, 0.05) is 16.8 Å². The van der Waals surface area contributed by atoms with Crippen LogP contribution in [0.1, 0.15) is 22.6 Å². The number of aromatic nitrogens is 1. The molecule has 38 heavy (non-hydrogen) atoms. The lowest BCUT2D eigenvalue weighted by Crippen LogP contribution is -2.22. The molecule has 1 N–H and O–H groups in total. The number of rotatable bonds is 9. The van der Waals surface area contributed by atoms with Crippen molar-refractivity contribution in [3.8, 4) is 11.5 Å². The highest BCUT2D eigenvalue weighted by atomic mass is 16.5. The molecule has 0 unspecified atom stereocenters. The molecule has 5 aromatic rings. The Kier molecular flexibility index (Phi) is 6.99. The van der Waals surface area contributed by atoms with Crippen molar-refractivity contribution in [2.45, 2.75) is 26.9 Å². The van der Waals surface area contributed by atoms with Gasteiger partial charge >= 0.3 is 5.97 Å². The minimum atomic E-state index is -0.524. The monoisotopic (exact) mass is 514 g/mol. The van der Waals surface area contributed by atoms with Crippen LogP contribution in [0.15, 0.2) is 69.6 Å². The maximum Gasteiger partial charge on any atom is 0.310 e. The number of hydrogen-bond acceptors (Lipinski definition) is 8. The number of amides is 1. The van der Waals surface area contributed by atoms with Crippen LogP contribution in [-0.4, -0.2) is 30.7 Å². The zero-order valence-electron chi connectivity index (χ0n) is 21.2. The van der Waals surface area contributed by atoms with E-state index in [9.17, 15) is 9.59 Å². The molecule has 9 heteroatoms. The van der Waals surface area contributed by atoms with E-state index in [0.717, 1.165) is 38.9 Å². The van der Waals surface area contributed by atoms with Crippen molar-refractivity contribution in [2.75, 3.05) is 19.0 Å². The molecule has 9 nitrogen and oxygen atoms in total. The minimum absolute atomic E-state index is 0.0195. The summed E-state index contributed by atoms with van der Waals surface area (Å²) >= 11 is 0. The molecule has 0 aliphatic carbocycles. The number of carbonyl (C=O) groups excluding carboxylic acids is 2. The fourth-order valence-electron chi connectivity index (χ4n) is 4.14. The van der Waals surface area contributed by atoms with Crippen LogP contribution in [0.25, 0.3) is 21.9 Å². The molecule has 1 amide bonds. The third-order valence-electron chi connectivity index (χ3n) is 6.17. The van der Waals surface area contributed by atoms with E-state index in [2.05, 4.69) is 10.5 Å². The first-order chi connectivity index (χ1) is 18.4. The largest absolute Gasteiger partial charge is 0.495 e. The van der Waals surface area contributed by atoms with Crippen LogP contribution in [0.4, 0.5) is 5.69 Å². The summed E-state index contributed by atoms with van der Waals surface area (Å²) in [5.41, 5.74) is 4.20. The zero-order chi connectivity index (χ0) is 26.6. The Morgan fingerprint density at radius 1 is 0.974 bits per heavy atom. The Morgan fingerprint density at radius 2 is 1.76 bits per heavy atom. The number of fused-ring (bicyclic) bond motifs is 3. The lowest BCUT2D eigenvalue weighted by molar-refractivity contribution is -0.146. The van der Waals surface area contributed by atoms with Crippen molar-refractivity contribution in [2.24, 2.45) is 0 Å². The van der Waals surface area contributed by atoms with E-state index >= 15 is 0 Å². The van der Waals surface area contributed by atoms with E-state index in [0.29, 0.717) is 29.4 Å². The highest BCUT2D eigenvalue weighted by Crippen LogP contribution is 2.36. The molecule has 5 rings (SSSR count). The fraction of sp³-hybridized carbons (Fsp3) is 0.207. The molecule has 0 atom stereocenters. The number of nitrogens with zero attached hydrogens (tertiary/aromatic N) is 1. The summed E-state index contributed by atoms with van der Waals surface area (Å²) < 4.78 is 27.4. The van der Waals surface area contributed by atoms with Crippen molar-refractivity contribution in [1.82, 2.24) is 5.16 Å². The number of esters is 1. The number of furan rings is 1. The molecule has 0 aliphatic rings. The first kappa shape index (κ1) is 24.9. The van der Waals surface area contributed by atoms with Gasteiger partial charge in [0.15, 0.2) is 6.61 Å². The lowest BCUT2D eigenvalue weighted by Gasteiger charge is -2.11. The molecule has 2 aromatic heterocycles. The van der Waals surface area contributed by atoms with Crippen molar-refractivity contribution in [3.05, 3.63) is 83.2 Å². The highest BCUT2D eigenvalue weighted by molar-refractivity contribution is 6.07. The smallest absolute Gasteiger partial charge is 0.310 e. The third-order valence-corrected chi connectivity index (χ3v) is 6.17. The van der Waals surface area contributed by atoms with Gasteiger partial charge in [-0.2, -0.15) is 0 Å². The van der Waals surface area contributed by atoms with Crippen LogP contribution in [0.2, 0.25) is 0 Å². The Bertz CT molecular complexity index is 1600. The molecule has 0 spiro atoms. The number of methoxy groups -OCH3 is 1. The average molecular weight is 515 g/mol. The number of ether oxygens (including phenoxy) is 3. The quantitative estimate of drug-likeness (QED) is 0.257. The molecular formula is C29H26N2O7. The summed E-state index contributed by atoms with van der Waals surface area (Å²) in [7, 11) is 1.52. The third kappa shape index (κ3) is 5.31. The standard InChI is InChI=1S/C29H26N2O7/c1-17-23(18(2)38-31-17)15-35-20-10-8-19(9-11-20)12-29(33)36-16-28(32)30-24-14-26-22(13-27(24)34-3)21-6-4-5-7-25(21)37-26/h4-11,13-14H,12,15-16H2,1-3H3,(H,30,32). The van der Waals surface area contributed by atoms with Gasteiger partial charge in [-0.05, 0) is 43.7 Å². The first-order valence-electron chi connectivity index (χ1n) is 12.0. The number of para-hydroxylation sites is 1. The van der Waals surface area contributed by atoms with Crippen LogP contribution in [-0.2, 0) is 27.4 Å². The number of anilines is 1. The van der Waals surface area contributed by atoms with Gasteiger partial charge < -0.3 is 28.5 Å². The van der Waals surface area contributed by atoms with Crippen LogP contribution in [0.3, 0.4) is 0 Å². The van der Waals surface area contributed by atoms with Gasteiger partial charge in [0.1, 0.15) is 35.0 Å². The van der Waals surface area contributed by atoms with Crippen LogP contribution in [0, 0.1) is 13.8 Å². The summed E-state index contributed by atoms with van der Waals surface area (Å²) in [6.07, 6.45) is 0.0195. The second kappa shape index (κ2) is 10.7. The number of benzene rings is 3. The summed E-state index contributed by atoms with van der Waals surface area (Å²) in [5, 5.41) is 8.47. The van der Waals surface area contributed by atoms with E-state index in [1.54, 1.807) is 30.3 Å². The molecule has 0 radical (unpaired) electrons. The Labute approximate surface area is 218 Å². The molecule has 194 valence electrons. The van der Waals surface area contributed by atoms with E-state index in [4.69, 9.17) is 23.2 Å². The van der Waals surface area contributed by atoms with Gasteiger partial charge in [-0.3, -0.25) is 9.59 Å². The Morgan fingerprint density at radius 3 is 2.50 bits per heavy atom. The topological polar surface area (TPSA) is 113 Å². The molecule has 0 saturated heterocycles. The minimum Gasteiger partial charge on any atom is -0.495 e. The van der Waals surface area contributed by atoms with Gasteiger partial charge in [0.25, 0.3) is 5.91 Å². The van der Waals surface area contributed by atoms with Crippen molar-refractivity contribution in [3.63, 3.8) is 0 Å². The maximum absolute atomic E-state index is 12.5.